The van der Waals surface area contributed by atoms with Crippen molar-refractivity contribution in [3.8, 4) is 0 Å². The van der Waals surface area contributed by atoms with E-state index in [0.29, 0.717) is 13.2 Å². The number of hydrogen-bond acceptors (Lipinski definition) is 3. The van der Waals surface area contributed by atoms with E-state index in [-0.39, 0.29) is 12.3 Å². The zero-order chi connectivity index (χ0) is 10.4. The van der Waals surface area contributed by atoms with Crippen LogP contribution in [0.2, 0.25) is 0 Å². The van der Waals surface area contributed by atoms with Crippen LogP contribution in [0.5, 0.6) is 0 Å². The molecule has 1 atom stereocenters. The number of amides is 1. The summed E-state index contributed by atoms with van der Waals surface area (Å²) in [5.41, 5.74) is 0. The Bertz CT molecular complexity index is 182. The average molecular weight is 201 g/mol. The molecule has 1 fully saturated rings. The second kappa shape index (κ2) is 5.86. The molecule has 0 N–H and O–H groups in total. The predicted molar refractivity (Wildman–Crippen MR) is 53.0 cm³/mol. The van der Waals surface area contributed by atoms with Gasteiger partial charge in [-0.1, -0.05) is 0 Å². The standard InChI is InChI=1S/C10H19NO3/c1-3-13-9-7-5-6-8-11(9)10(12)14-4-2/h9H,3-8H2,1-2H3/t9-/m0/s1. The molecule has 1 amide bonds. The number of carbonyl (C=O) groups excluding carboxylic acids is 1. The fourth-order valence-corrected chi connectivity index (χ4v) is 1.68. The highest BCUT2D eigenvalue weighted by atomic mass is 16.6. The molecule has 0 radical (unpaired) electrons. The van der Waals surface area contributed by atoms with Crippen LogP contribution in [0, 0.1) is 0 Å². The van der Waals surface area contributed by atoms with Gasteiger partial charge in [-0.25, -0.2) is 4.79 Å². The molecule has 1 heterocycles. The topological polar surface area (TPSA) is 38.8 Å². The van der Waals surface area contributed by atoms with Crippen LogP contribution in [0.15, 0.2) is 0 Å². The van der Waals surface area contributed by atoms with Crippen LogP contribution < -0.4 is 0 Å². The normalized spacial score (nSPS) is 22.1. The Morgan fingerprint density at radius 2 is 2.14 bits per heavy atom. The fourth-order valence-electron chi connectivity index (χ4n) is 1.68. The third-order valence-electron chi connectivity index (χ3n) is 2.31. The summed E-state index contributed by atoms with van der Waals surface area (Å²) in [6.07, 6.45) is 2.77. The monoisotopic (exact) mass is 201 g/mol. The third-order valence-corrected chi connectivity index (χ3v) is 2.31. The van der Waals surface area contributed by atoms with E-state index in [9.17, 15) is 4.79 Å². The van der Waals surface area contributed by atoms with E-state index in [0.717, 1.165) is 25.8 Å². The van der Waals surface area contributed by atoms with Crippen LogP contribution in [-0.4, -0.2) is 37.0 Å². The lowest BCUT2D eigenvalue weighted by Gasteiger charge is -2.34. The van der Waals surface area contributed by atoms with Crippen molar-refractivity contribution in [2.24, 2.45) is 0 Å². The van der Waals surface area contributed by atoms with Gasteiger partial charge in [0.15, 0.2) is 0 Å². The highest BCUT2D eigenvalue weighted by Crippen LogP contribution is 2.18. The van der Waals surface area contributed by atoms with Crippen molar-refractivity contribution in [1.29, 1.82) is 0 Å². The summed E-state index contributed by atoms with van der Waals surface area (Å²) in [5.74, 6) is 0. The number of piperidine rings is 1. The lowest BCUT2D eigenvalue weighted by Crippen LogP contribution is -2.45. The summed E-state index contributed by atoms with van der Waals surface area (Å²) in [6.45, 7) is 5.58. The van der Waals surface area contributed by atoms with E-state index in [4.69, 9.17) is 9.47 Å². The molecule has 0 aromatic heterocycles. The Kier molecular flexibility index (Phi) is 4.73. The van der Waals surface area contributed by atoms with Crippen molar-refractivity contribution >= 4 is 6.09 Å². The maximum atomic E-state index is 11.5. The van der Waals surface area contributed by atoms with Gasteiger partial charge in [0.05, 0.1) is 6.61 Å². The smallest absolute Gasteiger partial charge is 0.411 e. The number of hydrogen-bond donors (Lipinski definition) is 0. The minimum atomic E-state index is -0.245. The molecule has 0 saturated carbocycles. The molecule has 1 aliphatic heterocycles. The van der Waals surface area contributed by atoms with Gasteiger partial charge >= 0.3 is 6.09 Å². The van der Waals surface area contributed by atoms with Crippen LogP contribution in [-0.2, 0) is 9.47 Å². The molecule has 14 heavy (non-hydrogen) atoms. The molecule has 0 aromatic carbocycles. The van der Waals surface area contributed by atoms with Gasteiger partial charge in [-0.15, -0.1) is 0 Å². The maximum absolute atomic E-state index is 11.5. The summed E-state index contributed by atoms with van der Waals surface area (Å²) in [5, 5.41) is 0. The van der Waals surface area contributed by atoms with Crippen LogP contribution in [0.25, 0.3) is 0 Å². The first-order chi connectivity index (χ1) is 6.79. The molecule has 4 heteroatoms. The van der Waals surface area contributed by atoms with E-state index >= 15 is 0 Å². The van der Waals surface area contributed by atoms with Gasteiger partial charge in [0.1, 0.15) is 6.23 Å². The van der Waals surface area contributed by atoms with E-state index in [2.05, 4.69) is 0 Å². The zero-order valence-electron chi connectivity index (χ0n) is 8.99. The van der Waals surface area contributed by atoms with Crippen LogP contribution >= 0.6 is 0 Å². The number of likely N-dealkylation sites (tertiary alicyclic amines) is 1. The molecule has 1 aliphatic rings. The molecule has 0 unspecified atom stereocenters. The van der Waals surface area contributed by atoms with Gasteiger partial charge in [-0.3, -0.25) is 4.90 Å². The van der Waals surface area contributed by atoms with E-state index in [1.54, 1.807) is 4.90 Å². The largest absolute Gasteiger partial charge is 0.450 e. The maximum Gasteiger partial charge on any atom is 0.411 e. The number of carbonyl (C=O) groups is 1. The second-order valence-corrected chi connectivity index (χ2v) is 3.30. The zero-order valence-corrected chi connectivity index (χ0v) is 8.99. The molecule has 82 valence electrons. The summed E-state index contributed by atoms with van der Waals surface area (Å²) < 4.78 is 10.5. The van der Waals surface area contributed by atoms with Crippen LogP contribution in [0.4, 0.5) is 4.79 Å². The fraction of sp³-hybridized carbons (Fsp3) is 0.900. The summed E-state index contributed by atoms with van der Waals surface area (Å²) >= 11 is 0. The SMILES string of the molecule is CCOC(=O)N1CCCC[C@@H]1OCC. The van der Waals surface area contributed by atoms with E-state index in [1.807, 2.05) is 13.8 Å². The summed E-state index contributed by atoms with van der Waals surface area (Å²) in [6, 6.07) is 0. The minimum Gasteiger partial charge on any atom is -0.450 e. The van der Waals surface area contributed by atoms with Crippen molar-refractivity contribution in [2.45, 2.75) is 39.3 Å². The molecule has 0 aliphatic carbocycles. The lowest BCUT2D eigenvalue weighted by molar-refractivity contribution is -0.0666. The van der Waals surface area contributed by atoms with E-state index in [1.165, 1.54) is 0 Å². The predicted octanol–water partition coefficient (Wildman–Crippen LogP) is 1.99. The van der Waals surface area contributed by atoms with Gasteiger partial charge in [-0.2, -0.15) is 0 Å². The van der Waals surface area contributed by atoms with Crippen molar-refractivity contribution in [3.05, 3.63) is 0 Å². The van der Waals surface area contributed by atoms with Crippen LogP contribution in [0.1, 0.15) is 33.1 Å². The molecule has 4 nitrogen and oxygen atoms in total. The third kappa shape index (κ3) is 2.87. The number of rotatable bonds is 3. The van der Waals surface area contributed by atoms with Crippen molar-refractivity contribution in [1.82, 2.24) is 4.90 Å². The van der Waals surface area contributed by atoms with Gasteiger partial charge in [-0.05, 0) is 33.1 Å². The van der Waals surface area contributed by atoms with Crippen molar-refractivity contribution < 1.29 is 14.3 Å². The van der Waals surface area contributed by atoms with Gasteiger partial charge < -0.3 is 9.47 Å². The van der Waals surface area contributed by atoms with Crippen LogP contribution in [0.3, 0.4) is 0 Å². The van der Waals surface area contributed by atoms with Gasteiger partial charge in [0.2, 0.25) is 0 Å². The van der Waals surface area contributed by atoms with Crippen molar-refractivity contribution in [3.63, 3.8) is 0 Å². The van der Waals surface area contributed by atoms with Gasteiger partial charge in [0, 0.05) is 13.2 Å². The molecule has 1 saturated heterocycles. The molecular weight excluding hydrogens is 182 g/mol. The van der Waals surface area contributed by atoms with Gasteiger partial charge in [0.25, 0.3) is 0 Å². The Balaban J connectivity index is 2.48. The minimum absolute atomic E-state index is 0.0761. The number of ether oxygens (including phenoxy) is 2. The summed E-state index contributed by atoms with van der Waals surface area (Å²) in [4.78, 5) is 13.2. The van der Waals surface area contributed by atoms with Crippen molar-refractivity contribution in [2.75, 3.05) is 19.8 Å². The molecule has 1 rings (SSSR count). The first-order valence-corrected chi connectivity index (χ1v) is 5.34. The highest BCUT2D eigenvalue weighted by molar-refractivity contribution is 5.67. The second-order valence-electron chi connectivity index (χ2n) is 3.30. The molecule has 0 spiro atoms. The first-order valence-electron chi connectivity index (χ1n) is 5.34. The first kappa shape index (κ1) is 11.3. The average Bonchev–Trinajstić information content (AvgIpc) is 2.19. The Labute approximate surface area is 85.2 Å². The Morgan fingerprint density at radius 1 is 1.36 bits per heavy atom. The Hall–Kier alpha value is -0.770. The lowest BCUT2D eigenvalue weighted by atomic mass is 10.1. The Morgan fingerprint density at radius 3 is 2.79 bits per heavy atom. The number of nitrogens with zero attached hydrogens (tertiary/aromatic N) is 1. The summed E-state index contributed by atoms with van der Waals surface area (Å²) in [7, 11) is 0. The highest BCUT2D eigenvalue weighted by Gasteiger charge is 2.27. The quantitative estimate of drug-likeness (QED) is 0.701. The molecule has 0 bridgehead atoms. The molecular formula is C10H19NO3. The van der Waals surface area contributed by atoms with E-state index < -0.39 is 0 Å². The molecule has 0 aromatic rings.